The van der Waals surface area contributed by atoms with Crippen LogP contribution in [0.25, 0.3) is 16.7 Å². The fourth-order valence-electron chi connectivity index (χ4n) is 4.58. The summed E-state index contributed by atoms with van der Waals surface area (Å²) in [4.78, 5) is 31.3. The number of aromatic amines is 1. The monoisotopic (exact) mass is 514 g/mol. The Labute approximate surface area is 205 Å². The fraction of sp³-hybridized carbons (Fsp3) is 0.143. The van der Waals surface area contributed by atoms with Crippen molar-refractivity contribution in [2.75, 3.05) is 6.54 Å². The molecule has 1 amide bonds. The number of hydrogen-bond donors (Lipinski definition) is 2. The summed E-state index contributed by atoms with van der Waals surface area (Å²) in [6, 6.07) is 22.1. The average molecular weight is 515 g/mol. The largest absolute Gasteiger partial charge is 0.507 e. The van der Waals surface area contributed by atoms with Gasteiger partial charge in [0.05, 0.1) is 11.6 Å². The van der Waals surface area contributed by atoms with Crippen LogP contribution in [-0.4, -0.2) is 33.2 Å². The van der Waals surface area contributed by atoms with Gasteiger partial charge in [-0.3, -0.25) is 9.59 Å². The first-order valence-electron chi connectivity index (χ1n) is 11.1. The number of ketones is 1. The van der Waals surface area contributed by atoms with Crippen LogP contribution in [0, 0.1) is 6.92 Å². The number of carbonyl (C=O) groups excluding carboxylic acids is 2. The molecular weight excluding hydrogens is 492 g/mol. The molecule has 1 aliphatic rings. The van der Waals surface area contributed by atoms with Gasteiger partial charge in [-0.1, -0.05) is 76.1 Å². The number of nitrogens with one attached hydrogen (secondary N) is 1. The lowest BCUT2D eigenvalue weighted by Crippen LogP contribution is -2.31. The van der Waals surface area contributed by atoms with Crippen molar-refractivity contribution in [3.05, 3.63) is 111 Å². The highest BCUT2D eigenvalue weighted by molar-refractivity contribution is 9.10. The van der Waals surface area contributed by atoms with Crippen LogP contribution in [0.2, 0.25) is 0 Å². The molecule has 1 aromatic heterocycles. The minimum absolute atomic E-state index is 0.117. The molecular formula is C28H23BrN2O3. The molecule has 1 atom stereocenters. The predicted octanol–water partition coefficient (Wildman–Crippen LogP) is 5.90. The molecule has 1 fully saturated rings. The second-order valence-corrected chi connectivity index (χ2v) is 9.44. The molecule has 0 spiro atoms. The smallest absolute Gasteiger partial charge is 0.295 e. The Bertz CT molecular complexity index is 1440. The normalized spacial score (nSPS) is 17.6. The van der Waals surface area contributed by atoms with Gasteiger partial charge in [0.25, 0.3) is 11.7 Å². The van der Waals surface area contributed by atoms with Gasteiger partial charge in [0, 0.05) is 33.7 Å². The second-order valence-electron chi connectivity index (χ2n) is 8.52. The van der Waals surface area contributed by atoms with E-state index in [1.54, 1.807) is 17.0 Å². The third-order valence-electron chi connectivity index (χ3n) is 6.33. The maximum atomic E-state index is 13.2. The van der Waals surface area contributed by atoms with Gasteiger partial charge in [-0.2, -0.15) is 0 Å². The van der Waals surface area contributed by atoms with E-state index in [1.165, 1.54) is 0 Å². The molecule has 170 valence electrons. The summed E-state index contributed by atoms with van der Waals surface area (Å²) in [5.74, 6) is -1.42. The third-order valence-corrected chi connectivity index (χ3v) is 6.82. The third kappa shape index (κ3) is 3.94. The highest BCUT2D eigenvalue weighted by atomic mass is 79.9. The molecule has 2 heterocycles. The van der Waals surface area contributed by atoms with Gasteiger partial charge in [-0.05, 0) is 42.7 Å². The molecule has 3 aromatic carbocycles. The van der Waals surface area contributed by atoms with Gasteiger partial charge in [0.15, 0.2) is 0 Å². The molecule has 6 heteroatoms. The van der Waals surface area contributed by atoms with Crippen LogP contribution in [-0.2, 0) is 16.0 Å². The highest BCUT2D eigenvalue weighted by Gasteiger charge is 2.45. The van der Waals surface area contributed by atoms with Crippen LogP contribution in [0.3, 0.4) is 0 Å². The molecule has 2 N–H and O–H groups in total. The van der Waals surface area contributed by atoms with E-state index >= 15 is 0 Å². The minimum Gasteiger partial charge on any atom is -0.507 e. The summed E-state index contributed by atoms with van der Waals surface area (Å²) in [5, 5.41) is 12.3. The Balaban J connectivity index is 1.57. The lowest BCUT2D eigenvalue weighted by molar-refractivity contribution is -0.139. The molecule has 5 nitrogen and oxygen atoms in total. The number of aromatic nitrogens is 1. The van der Waals surface area contributed by atoms with Gasteiger partial charge in [-0.25, -0.2) is 0 Å². The number of nitrogens with zero attached hydrogens (tertiary/aromatic N) is 1. The lowest BCUT2D eigenvalue weighted by Gasteiger charge is -2.25. The maximum absolute atomic E-state index is 13.2. The first-order valence-corrected chi connectivity index (χ1v) is 11.9. The highest BCUT2D eigenvalue weighted by Crippen LogP contribution is 2.40. The zero-order chi connectivity index (χ0) is 23.8. The van der Waals surface area contributed by atoms with Gasteiger partial charge >= 0.3 is 0 Å². The summed E-state index contributed by atoms with van der Waals surface area (Å²) in [7, 11) is 0. The van der Waals surface area contributed by atoms with E-state index in [-0.39, 0.29) is 11.3 Å². The van der Waals surface area contributed by atoms with Crippen LogP contribution < -0.4 is 0 Å². The van der Waals surface area contributed by atoms with Crippen molar-refractivity contribution in [1.29, 1.82) is 0 Å². The molecule has 0 saturated carbocycles. The van der Waals surface area contributed by atoms with E-state index in [1.807, 2.05) is 73.8 Å². The second kappa shape index (κ2) is 8.95. The molecule has 0 radical (unpaired) electrons. The van der Waals surface area contributed by atoms with Crippen LogP contribution in [0.4, 0.5) is 0 Å². The van der Waals surface area contributed by atoms with Crippen LogP contribution in [0.5, 0.6) is 0 Å². The van der Waals surface area contributed by atoms with Crippen molar-refractivity contribution in [2.45, 2.75) is 19.4 Å². The Kier molecular flexibility index (Phi) is 5.84. The minimum atomic E-state index is -0.677. The van der Waals surface area contributed by atoms with Crippen molar-refractivity contribution in [3.8, 4) is 0 Å². The molecule has 1 saturated heterocycles. The van der Waals surface area contributed by atoms with Gasteiger partial charge in [-0.15, -0.1) is 0 Å². The van der Waals surface area contributed by atoms with Gasteiger partial charge in [0.2, 0.25) is 0 Å². The summed E-state index contributed by atoms with van der Waals surface area (Å²) in [6.45, 7) is 2.29. The van der Waals surface area contributed by atoms with Crippen LogP contribution >= 0.6 is 15.9 Å². The number of likely N-dealkylation sites (tertiary alicyclic amines) is 1. The SMILES string of the molecule is Cc1ccc(/C(O)=C2\C(=O)C(=O)N(CCc3c[nH]c4ccccc34)C2c2cccc(Br)c2)cc1. The van der Waals surface area contributed by atoms with Crippen LogP contribution in [0.15, 0.2) is 89.0 Å². The fourth-order valence-corrected chi connectivity index (χ4v) is 5.00. The number of para-hydroxylation sites is 1. The number of H-pyrrole nitrogens is 1. The summed E-state index contributed by atoms with van der Waals surface area (Å²) in [5.41, 5.74) is 4.54. The number of aryl methyl sites for hydroxylation is 1. The lowest BCUT2D eigenvalue weighted by atomic mass is 9.95. The Hall–Kier alpha value is -3.64. The topological polar surface area (TPSA) is 73.4 Å². The Morgan fingerprint density at radius 2 is 1.79 bits per heavy atom. The van der Waals surface area contributed by atoms with E-state index in [0.717, 1.165) is 32.1 Å². The number of aliphatic hydroxyl groups excluding tert-OH is 1. The van der Waals surface area contributed by atoms with E-state index in [9.17, 15) is 14.7 Å². The summed E-state index contributed by atoms with van der Waals surface area (Å²) >= 11 is 3.50. The molecule has 4 aromatic rings. The van der Waals surface area contributed by atoms with Gasteiger partial charge in [0.1, 0.15) is 5.76 Å². The number of halogens is 1. The van der Waals surface area contributed by atoms with Crippen molar-refractivity contribution in [3.63, 3.8) is 0 Å². The zero-order valence-corrected chi connectivity index (χ0v) is 20.2. The molecule has 1 unspecified atom stereocenters. The number of carbonyl (C=O) groups is 2. The number of Topliss-reactive ketones (excluding diaryl/α,β-unsaturated/α-hetero) is 1. The maximum Gasteiger partial charge on any atom is 0.295 e. The van der Waals surface area contributed by atoms with Crippen molar-refractivity contribution >= 4 is 44.3 Å². The zero-order valence-electron chi connectivity index (χ0n) is 18.6. The number of hydrogen-bond acceptors (Lipinski definition) is 3. The molecule has 5 rings (SSSR count). The van der Waals surface area contributed by atoms with E-state index in [2.05, 4.69) is 20.9 Å². The summed E-state index contributed by atoms with van der Waals surface area (Å²) in [6.07, 6.45) is 2.52. The first kappa shape index (κ1) is 22.2. The van der Waals surface area contributed by atoms with Crippen molar-refractivity contribution in [1.82, 2.24) is 9.88 Å². The van der Waals surface area contributed by atoms with Crippen LogP contribution in [0.1, 0.15) is 28.3 Å². The molecule has 1 aliphatic heterocycles. The van der Waals surface area contributed by atoms with E-state index in [0.29, 0.717) is 18.5 Å². The van der Waals surface area contributed by atoms with E-state index < -0.39 is 17.7 Å². The first-order chi connectivity index (χ1) is 16.4. The predicted molar refractivity (Wildman–Crippen MR) is 136 cm³/mol. The number of aliphatic hydroxyl groups is 1. The number of rotatable bonds is 5. The Morgan fingerprint density at radius 3 is 2.56 bits per heavy atom. The number of fused-ring (bicyclic) bond motifs is 1. The van der Waals surface area contributed by atoms with Crippen molar-refractivity contribution in [2.24, 2.45) is 0 Å². The quantitative estimate of drug-likeness (QED) is 0.197. The summed E-state index contributed by atoms with van der Waals surface area (Å²) < 4.78 is 0.836. The Morgan fingerprint density at radius 1 is 1.03 bits per heavy atom. The van der Waals surface area contributed by atoms with Crippen molar-refractivity contribution < 1.29 is 14.7 Å². The molecule has 0 bridgehead atoms. The molecule has 0 aliphatic carbocycles. The standard InChI is InChI=1S/C28H23BrN2O3/c1-17-9-11-18(12-10-17)26(32)24-25(19-5-4-6-21(29)15-19)31(28(34)27(24)33)14-13-20-16-30-23-8-3-2-7-22(20)23/h2-12,15-16,25,30,32H,13-14H2,1H3/b26-24+. The van der Waals surface area contributed by atoms with E-state index in [4.69, 9.17) is 0 Å². The average Bonchev–Trinajstić information content (AvgIpc) is 3.36. The number of amides is 1. The molecule has 34 heavy (non-hydrogen) atoms. The number of benzene rings is 3. The van der Waals surface area contributed by atoms with Gasteiger partial charge < -0.3 is 15.0 Å².